The van der Waals surface area contributed by atoms with Crippen LogP contribution in [0.15, 0.2) is 49.6 Å². The molecule has 4 unspecified atom stereocenters. The van der Waals surface area contributed by atoms with E-state index in [1.54, 1.807) is 0 Å². The van der Waals surface area contributed by atoms with Gasteiger partial charge in [-0.05, 0) is 77.0 Å². The third-order valence-corrected chi connectivity index (χ3v) is 12.0. The third-order valence-electron chi connectivity index (χ3n) is 12.0. The first-order valence-electron chi connectivity index (χ1n) is 25.6. The summed E-state index contributed by atoms with van der Waals surface area (Å²) in [5, 5.41) is 23.0. The summed E-state index contributed by atoms with van der Waals surface area (Å²) < 4.78 is 6.77. The molecule has 0 aliphatic heterocycles. The molecule has 0 aromatic rings. The SMILES string of the molecule is C=CCCCCCCCCCCCCCCCC(O)C(C/C=C\CCCCC)OC(C/C=C\CCCCC)C(O)CCCCCCCCCCCCCCCC=C. The van der Waals surface area contributed by atoms with E-state index in [9.17, 15) is 10.2 Å². The Kier molecular flexibility index (Phi) is 46.6. The van der Waals surface area contributed by atoms with Gasteiger partial charge in [-0.25, -0.2) is 0 Å². The molecule has 0 bridgehead atoms. The van der Waals surface area contributed by atoms with Crippen molar-refractivity contribution in [2.24, 2.45) is 0 Å². The van der Waals surface area contributed by atoms with Crippen LogP contribution in [0.3, 0.4) is 0 Å². The van der Waals surface area contributed by atoms with Gasteiger partial charge in [0, 0.05) is 0 Å². The molecule has 0 saturated carbocycles. The maximum absolute atomic E-state index is 11.5. The summed E-state index contributed by atoms with van der Waals surface area (Å²) in [6.07, 6.45) is 60.9. The smallest absolute Gasteiger partial charge is 0.0873 e. The lowest BCUT2D eigenvalue weighted by atomic mass is 9.98. The van der Waals surface area contributed by atoms with E-state index in [0.717, 1.165) is 51.4 Å². The Bertz CT molecular complexity index is 780. The fraction of sp³-hybridized carbons (Fsp3) is 0.852. The highest BCUT2D eigenvalue weighted by molar-refractivity contribution is 4.91. The maximum Gasteiger partial charge on any atom is 0.0873 e. The van der Waals surface area contributed by atoms with Gasteiger partial charge in [-0.3, -0.25) is 0 Å². The molecule has 0 aliphatic rings. The van der Waals surface area contributed by atoms with E-state index in [2.05, 4.69) is 51.3 Å². The lowest BCUT2D eigenvalue weighted by molar-refractivity contribution is -0.116. The Morgan fingerprint density at radius 1 is 0.351 bits per heavy atom. The van der Waals surface area contributed by atoms with Gasteiger partial charge >= 0.3 is 0 Å². The minimum atomic E-state index is -0.493. The summed E-state index contributed by atoms with van der Waals surface area (Å²) in [6, 6.07) is 0. The molecular weight excluding hydrogens is 697 g/mol. The highest BCUT2D eigenvalue weighted by Crippen LogP contribution is 2.23. The molecule has 3 nitrogen and oxygen atoms in total. The van der Waals surface area contributed by atoms with Crippen LogP contribution >= 0.6 is 0 Å². The Balaban J connectivity index is 4.78. The minimum absolute atomic E-state index is 0.264. The van der Waals surface area contributed by atoms with Crippen LogP contribution in [0.2, 0.25) is 0 Å². The molecular formula is C54H102O3. The van der Waals surface area contributed by atoms with Crippen LogP contribution < -0.4 is 0 Å². The van der Waals surface area contributed by atoms with Crippen molar-refractivity contribution >= 4 is 0 Å². The molecule has 0 aromatic carbocycles. The van der Waals surface area contributed by atoms with Crippen molar-refractivity contribution in [2.45, 2.75) is 295 Å². The first-order valence-corrected chi connectivity index (χ1v) is 25.6. The summed E-state index contributed by atoms with van der Waals surface area (Å²) in [5.74, 6) is 0. The first kappa shape index (κ1) is 55.8. The van der Waals surface area contributed by atoms with E-state index in [-0.39, 0.29) is 12.2 Å². The van der Waals surface area contributed by atoms with E-state index in [0.29, 0.717) is 0 Å². The zero-order valence-electron chi connectivity index (χ0n) is 38.8. The van der Waals surface area contributed by atoms with E-state index in [4.69, 9.17) is 4.74 Å². The largest absolute Gasteiger partial charge is 0.390 e. The lowest BCUT2D eigenvalue weighted by Crippen LogP contribution is -2.38. The molecule has 0 radical (unpaired) electrons. The number of allylic oxidation sites excluding steroid dienone is 4. The van der Waals surface area contributed by atoms with Gasteiger partial charge in [-0.1, -0.05) is 230 Å². The summed E-state index contributed by atoms with van der Waals surface area (Å²) in [6.45, 7) is 12.1. The average molecular weight is 799 g/mol. The molecule has 57 heavy (non-hydrogen) atoms. The molecule has 0 amide bonds. The quantitative estimate of drug-likeness (QED) is 0.0476. The number of hydrogen-bond donors (Lipinski definition) is 2. The van der Waals surface area contributed by atoms with Gasteiger partial charge in [0.2, 0.25) is 0 Å². The van der Waals surface area contributed by atoms with Crippen molar-refractivity contribution in [3.05, 3.63) is 49.6 Å². The van der Waals surface area contributed by atoms with E-state index < -0.39 is 12.2 Å². The van der Waals surface area contributed by atoms with Crippen LogP contribution in [-0.4, -0.2) is 34.6 Å². The fourth-order valence-corrected chi connectivity index (χ4v) is 8.10. The first-order chi connectivity index (χ1) is 28.1. The predicted octanol–water partition coefficient (Wildman–Crippen LogP) is 17.6. The number of unbranched alkanes of at least 4 members (excludes halogenated alkanes) is 32. The molecule has 2 N–H and O–H groups in total. The summed E-state index contributed by atoms with van der Waals surface area (Å²) in [5.41, 5.74) is 0. The lowest BCUT2D eigenvalue weighted by Gasteiger charge is -2.30. The standard InChI is InChI=1S/C54H102O3/c1-5-9-13-17-21-23-25-27-29-31-33-35-37-39-43-47-51(55)53(49-45-41-19-15-11-7-3)57-54(50-46-42-20-16-12-8-4)52(56)48-44-40-38-36-34-32-30-28-26-24-22-18-14-10-6-2/h5-6,41-42,45-46,51-56H,1-2,7-40,43-44,47-50H2,3-4H3/b45-41-,46-42-. The van der Waals surface area contributed by atoms with Crippen molar-refractivity contribution in [1.82, 2.24) is 0 Å². The Labute approximate surface area is 358 Å². The summed E-state index contributed by atoms with van der Waals surface area (Å²) in [4.78, 5) is 0. The third kappa shape index (κ3) is 41.4. The van der Waals surface area contributed by atoms with Gasteiger partial charge in [0.15, 0.2) is 0 Å². The van der Waals surface area contributed by atoms with E-state index >= 15 is 0 Å². The molecule has 3 heteroatoms. The number of aliphatic hydroxyl groups is 2. The van der Waals surface area contributed by atoms with Gasteiger partial charge in [-0.2, -0.15) is 0 Å². The second-order valence-corrected chi connectivity index (χ2v) is 17.7. The van der Waals surface area contributed by atoms with Crippen molar-refractivity contribution in [3.8, 4) is 0 Å². The molecule has 0 saturated heterocycles. The number of hydrogen-bond acceptors (Lipinski definition) is 3. The average Bonchev–Trinajstić information content (AvgIpc) is 3.21. The maximum atomic E-state index is 11.5. The topological polar surface area (TPSA) is 49.7 Å². The zero-order valence-corrected chi connectivity index (χ0v) is 38.8. The van der Waals surface area contributed by atoms with Gasteiger partial charge < -0.3 is 14.9 Å². The van der Waals surface area contributed by atoms with Crippen LogP contribution in [0.5, 0.6) is 0 Å². The normalized spacial score (nSPS) is 14.1. The molecule has 0 rings (SSSR count). The zero-order chi connectivity index (χ0) is 41.5. The highest BCUT2D eigenvalue weighted by atomic mass is 16.5. The second-order valence-electron chi connectivity index (χ2n) is 17.7. The van der Waals surface area contributed by atoms with Crippen molar-refractivity contribution in [3.63, 3.8) is 0 Å². The van der Waals surface area contributed by atoms with Crippen LogP contribution in [0.4, 0.5) is 0 Å². The molecule has 0 fully saturated rings. The minimum Gasteiger partial charge on any atom is -0.390 e. The van der Waals surface area contributed by atoms with Crippen LogP contribution in [0.25, 0.3) is 0 Å². The molecule has 0 aliphatic carbocycles. The monoisotopic (exact) mass is 799 g/mol. The van der Waals surface area contributed by atoms with Gasteiger partial charge in [-0.15, -0.1) is 13.2 Å². The predicted molar refractivity (Wildman–Crippen MR) is 255 cm³/mol. The summed E-state index contributed by atoms with van der Waals surface area (Å²) >= 11 is 0. The van der Waals surface area contributed by atoms with E-state index in [1.807, 2.05) is 12.2 Å². The molecule has 0 heterocycles. The highest BCUT2D eigenvalue weighted by Gasteiger charge is 2.26. The van der Waals surface area contributed by atoms with Gasteiger partial charge in [0.25, 0.3) is 0 Å². The second kappa shape index (κ2) is 47.5. The Morgan fingerprint density at radius 3 is 0.895 bits per heavy atom. The van der Waals surface area contributed by atoms with E-state index in [1.165, 1.54) is 205 Å². The van der Waals surface area contributed by atoms with Crippen molar-refractivity contribution < 1.29 is 14.9 Å². The van der Waals surface area contributed by atoms with Crippen LogP contribution in [-0.2, 0) is 4.74 Å². The number of ether oxygens (including phenoxy) is 1. The van der Waals surface area contributed by atoms with Crippen molar-refractivity contribution in [2.75, 3.05) is 0 Å². The van der Waals surface area contributed by atoms with Gasteiger partial charge in [0.05, 0.1) is 24.4 Å². The molecule has 336 valence electrons. The fourth-order valence-electron chi connectivity index (χ4n) is 8.10. The number of aliphatic hydroxyl groups excluding tert-OH is 2. The van der Waals surface area contributed by atoms with Crippen LogP contribution in [0.1, 0.15) is 271 Å². The molecule has 0 spiro atoms. The molecule has 4 atom stereocenters. The van der Waals surface area contributed by atoms with Gasteiger partial charge in [0.1, 0.15) is 0 Å². The molecule has 0 aromatic heterocycles. The van der Waals surface area contributed by atoms with Crippen molar-refractivity contribution in [1.29, 1.82) is 0 Å². The number of rotatable bonds is 48. The Hall–Kier alpha value is -1.16. The Morgan fingerprint density at radius 2 is 0.614 bits per heavy atom. The van der Waals surface area contributed by atoms with Crippen LogP contribution in [0, 0.1) is 0 Å². The summed E-state index contributed by atoms with van der Waals surface area (Å²) in [7, 11) is 0.